The summed E-state index contributed by atoms with van der Waals surface area (Å²) >= 11 is 0. The van der Waals surface area contributed by atoms with E-state index in [0.29, 0.717) is 12.0 Å². The molecule has 1 aliphatic heterocycles. The molecule has 2 heteroatoms. The quantitative estimate of drug-likeness (QED) is 0.207. The second kappa shape index (κ2) is 10.1. The summed E-state index contributed by atoms with van der Waals surface area (Å²) in [5, 5.41) is 2.57. The summed E-state index contributed by atoms with van der Waals surface area (Å²) in [6, 6.07) is 44.8. The lowest BCUT2D eigenvalue weighted by molar-refractivity contribution is 0.615. The average Bonchev–Trinajstić information content (AvgIpc) is 3.62. The van der Waals surface area contributed by atoms with Crippen LogP contribution in [0.4, 0.5) is 5.69 Å². The standard InChI is InChI=1S/C42H32N2/c1-3-12-29(13-4-1)30-22-25-33(26-23-30)44-40-21-10-7-16-35(40)37-19-11-18-34(42(37)44)31-24-27-41-38(28-31)36-17-8-9-20-39(36)43(41)32-14-5-2-6-15-32/h1-25,27-28,33,35,40H,26H2. The lowest BCUT2D eigenvalue weighted by Crippen LogP contribution is -2.41. The summed E-state index contributed by atoms with van der Waals surface area (Å²) in [4.78, 5) is 2.70. The van der Waals surface area contributed by atoms with Gasteiger partial charge in [-0.3, -0.25) is 0 Å². The van der Waals surface area contributed by atoms with E-state index in [1.54, 1.807) is 0 Å². The van der Waals surface area contributed by atoms with Crippen molar-refractivity contribution in [3.8, 4) is 16.8 Å². The van der Waals surface area contributed by atoms with Crippen LogP contribution in [-0.4, -0.2) is 16.7 Å². The largest absolute Gasteiger partial charge is 0.357 e. The van der Waals surface area contributed by atoms with Gasteiger partial charge in [-0.1, -0.05) is 134 Å². The maximum atomic E-state index is 2.70. The van der Waals surface area contributed by atoms with Gasteiger partial charge in [0, 0.05) is 33.6 Å². The molecule has 6 aromatic rings. The lowest BCUT2D eigenvalue weighted by Gasteiger charge is -2.36. The van der Waals surface area contributed by atoms with Crippen LogP contribution in [0.5, 0.6) is 0 Å². The van der Waals surface area contributed by atoms with Crippen molar-refractivity contribution >= 4 is 33.1 Å². The molecule has 1 aromatic heterocycles. The van der Waals surface area contributed by atoms with Crippen molar-refractivity contribution in [1.82, 2.24) is 4.57 Å². The molecule has 3 atom stereocenters. The Balaban J connectivity index is 1.19. The molecule has 0 spiro atoms. The summed E-state index contributed by atoms with van der Waals surface area (Å²) in [5.41, 5.74) is 11.6. The van der Waals surface area contributed by atoms with Crippen LogP contribution in [-0.2, 0) is 0 Å². The van der Waals surface area contributed by atoms with Gasteiger partial charge in [0.25, 0.3) is 0 Å². The van der Waals surface area contributed by atoms with E-state index in [0.717, 1.165) is 6.42 Å². The second-order valence-corrected chi connectivity index (χ2v) is 12.0. The molecular weight excluding hydrogens is 532 g/mol. The van der Waals surface area contributed by atoms with Crippen LogP contribution < -0.4 is 4.90 Å². The number of para-hydroxylation sites is 3. The van der Waals surface area contributed by atoms with Gasteiger partial charge in [0.2, 0.25) is 0 Å². The highest BCUT2D eigenvalue weighted by Crippen LogP contribution is 2.51. The summed E-state index contributed by atoms with van der Waals surface area (Å²) in [6.45, 7) is 0. The Bertz CT molecular complexity index is 2160. The van der Waals surface area contributed by atoms with Crippen molar-refractivity contribution < 1.29 is 0 Å². The molecule has 0 saturated carbocycles. The van der Waals surface area contributed by atoms with Crippen LogP contribution in [0, 0.1) is 0 Å². The molecule has 0 N–H and O–H groups in total. The van der Waals surface area contributed by atoms with E-state index in [4.69, 9.17) is 0 Å². The molecule has 0 radical (unpaired) electrons. The number of anilines is 1. The third-order valence-electron chi connectivity index (χ3n) is 9.65. The van der Waals surface area contributed by atoms with Crippen molar-refractivity contribution in [2.45, 2.75) is 24.4 Å². The van der Waals surface area contributed by atoms with Gasteiger partial charge in [-0.05, 0) is 59.0 Å². The molecule has 0 amide bonds. The van der Waals surface area contributed by atoms with E-state index < -0.39 is 0 Å². The SMILES string of the molecule is C1=CC2c3cccc(-c4ccc5c(c4)c4ccccc4n5-c4ccccc4)c3N(C3C=CC(c4ccccc4)=CC3)C2C=C1. The fourth-order valence-electron chi connectivity index (χ4n) is 7.69. The molecular formula is C42H32N2. The van der Waals surface area contributed by atoms with E-state index >= 15 is 0 Å². The Morgan fingerprint density at radius 2 is 1.36 bits per heavy atom. The van der Waals surface area contributed by atoms with Crippen LogP contribution in [0.3, 0.4) is 0 Å². The molecule has 9 rings (SSSR count). The van der Waals surface area contributed by atoms with Gasteiger partial charge < -0.3 is 9.47 Å². The number of aromatic nitrogens is 1. The topological polar surface area (TPSA) is 8.17 Å². The predicted octanol–water partition coefficient (Wildman–Crippen LogP) is 10.3. The van der Waals surface area contributed by atoms with Crippen molar-refractivity contribution in [2.75, 3.05) is 4.90 Å². The van der Waals surface area contributed by atoms with Gasteiger partial charge in [0.05, 0.1) is 23.1 Å². The van der Waals surface area contributed by atoms with E-state index in [1.165, 1.54) is 61.0 Å². The second-order valence-electron chi connectivity index (χ2n) is 12.0. The summed E-state index contributed by atoms with van der Waals surface area (Å²) < 4.78 is 2.39. The summed E-state index contributed by atoms with van der Waals surface area (Å²) in [6.07, 6.45) is 17.4. The molecule has 2 heterocycles. The van der Waals surface area contributed by atoms with E-state index in [9.17, 15) is 0 Å². The first kappa shape index (κ1) is 25.2. The Labute approximate surface area is 258 Å². The van der Waals surface area contributed by atoms with Crippen LogP contribution in [0.15, 0.2) is 164 Å². The number of hydrogen-bond donors (Lipinski definition) is 0. The molecule has 2 aliphatic carbocycles. The normalized spacial score (nSPS) is 20.2. The fraction of sp³-hybridized carbons (Fsp3) is 0.0952. The Hall–Kier alpha value is -5.34. The van der Waals surface area contributed by atoms with Crippen molar-refractivity contribution in [2.24, 2.45) is 0 Å². The van der Waals surface area contributed by atoms with Gasteiger partial charge in [0.15, 0.2) is 0 Å². The Morgan fingerprint density at radius 3 is 2.20 bits per heavy atom. The third-order valence-corrected chi connectivity index (χ3v) is 9.65. The highest BCUT2D eigenvalue weighted by molar-refractivity contribution is 6.10. The van der Waals surface area contributed by atoms with Crippen molar-refractivity contribution in [3.63, 3.8) is 0 Å². The minimum Gasteiger partial charge on any atom is -0.357 e. The lowest BCUT2D eigenvalue weighted by atomic mass is 9.90. The van der Waals surface area contributed by atoms with Gasteiger partial charge >= 0.3 is 0 Å². The molecule has 2 nitrogen and oxygen atoms in total. The zero-order valence-corrected chi connectivity index (χ0v) is 24.4. The maximum absolute atomic E-state index is 2.70. The molecule has 5 aromatic carbocycles. The molecule has 0 saturated heterocycles. The van der Waals surface area contributed by atoms with Crippen LogP contribution >= 0.6 is 0 Å². The average molecular weight is 565 g/mol. The summed E-state index contributed by atoms with van der Waals surface area (Å²) in [7, 11) is 0. The predicted molar refractivity (Wildman–Crippen MR) is 185 cm³/mol. The molecule has 3 unspecified atom stereocenters. The minimum atomic E-state index is 0.289. The van der Waals surface area contributed by atoms with Crippen molar-refractivity contribution in [3.05, 3.63) is 175 Å². The van der Waals surface area contributed by atoms with Gasteiger partial charge in [-0.25, -0.2) is 0 Å². The minimum absolute atomic E-state index is 0.289. The Kier molecular flexibility index (Phi) is 5.80. The number of hydrogen-bond acceptors (Lipinski definition) is 1. The zero-order chi connectivity index (χ0) is 29.0. The number of rotatable bonds is 4. The first-order valence-electron chi connectivity index (χ1n) is 15.6. The first-order valence-corrected chi connectivity index (χ1v) is 15.6. The van der Waals surface area contributed by atoms with Gasteiger partial charge in [0.1, 0.15) is 0 Å². The van der Waals surface area contributed by atoms with Crippen molar-refractivity contribution in [1.29, 1.82) is 0 Å². The monoisotopic (exact) mass is 564 g/mol. The third kappa shape index (κ3) is 3.88. The molecule has 44 heavy (non-hydrogen) atoms. The molecule has 0 fully saturated rings. The number of fused-ring (bicyclic) bond motifs is 6. The highest BCUT2D eigenvalue weighted by Gasteiger charge is 2.41. The fourth-order valence-corrected chi connectivity index (χ4v) is 7.69. The zero-order valence-electron chi connectivity index (χ0n) is 24.4. The van der Waals surface area contributed by atoms with E-state index in [2.05, 4.69) is 173 Å². The Morgan fingerprint density at radius 1 is 0.591 bits per heavy atom. The van der Waals surface area contributed by atoms with Gasteiger partial charge in [-0.15, -0.1) is 0 Å². The van der Waals surface area contributed by atoms with Crippen LogP contribution in [0.1, 0.15) is 23.5 Å². The molecule has 0 bridgehead atoms. The smallest absolute Gasteiger partial charge is 0.0586 e. The number of nitrogens with zero attached hydrogens (tertiary/aromatic N) is 2. The summed E-state index contributed by atoms with van der Waals surface area (Å²) in [5.74, 6) is 0.353. The molecule has 210 valence electrons. The highest BCUT2D eigenvalue weighted by atomic mass is 15.2. The van der Waals surface area contributed by atoms with E-state index in [1.807, 2.05) is 0 Å². The maximum Gasteiger partial charge on any atom is 0.0586 e. The number of benzene rings is 5. The van der Waals surface area contributed by atoms with Gasteiger partial charge in [-0.2, -0.15) is 0 Å². The van der Waals surface area contributed by atoms with Crippen LogP contribution in [0.2, 0.25) is 0 Å². The van der Waals surface area contributed by atoms with E-state index in [-0.39, 0.29) is 6.04 Å². The first-order chi connectivity index (χ1) is 21.8. The van der Waals surface area contributed by atoms with Crippen LogP contribution in [0.25, 0.3) is 44.2 Å². The molecule has 3 aliphatic rings. The number of allylic oxidation sites excluding steroid dienone is 4.